The van der Waals surface area contributed by atoms with Crippen molar-refractivity contribution in [3.05, 3.63) is 78.5 Å². The molecule has 2 aromatic carbocycles. The van der Waals surface area contributed by atoms with Gasteiger partial charge < -0.3 is 10.1 Å². The molecule has 0 saturated heterocycles. The Hall–Kier alpha value is -3.39. The number of sulfonamides is 1. The molecule has 0 radical (unpaired) electrons. The van der Waals surface area contributed by atoms with Gasteiger partial charge in [-0.15, -0.1) is 0 Å². The van der Waals surface area contributed by atoms with Gasteiger partial charge in [0.1, 0.15) is 10.7 Å². The molecular weight excluding hydrogens is 402 g/mol. The molecule has 0 saturated carbocycles. The van der Waals surface area contributed by atoms with Crippen molar-refractivity contribution >= 4 is 33.2 Å². The normalized spacial score (nSPS) is 11.0. The van der Waals surface area contributed by atoms with Gasteiger partial charge in [0.25, 0.3) is 10.0 Å². The summed E-state index contributed by atoms with van der Waals surface area (Å²) in [4.78, 5) is 16.0. The number of nitrogens with zero attached hydrogens (tertiary/aromatic N) is 2. The van der Waals surface area contributed by atoms with Crippen molar-refractivity contribution in [3.63, 3.8) is 0 Å². The van der Waals surface area contributed by atoms with Gasteiger partial charge in [-0.2, -0.15) is 0 Å². The van der Waals surface area contributed by atoms with Crippen LogP contribution >= 0.6 is 0 Å². The van der Waals surface area contributed by atoms with Crippen LogP contribution in [-0.4, -0.2) is 32.5 Å². The first-order valence-electron chi connectivity index (χ1n) is 9.53. The maximum absolute atomic E-state index is 13.0. The lowest BCUT2D eigenvalue weighted by molar-refractivity contribution is 0.0526. The fourth-order valence-electron chi connectivity index (χ4n) is 2.87. The molecule has 0 atom stereocenters. The van der Waals surface area contributed by atoms with Crippen LogP contribution in [0.15, 0.2) is 77.8 Å². The molecule has 1 heterocycles. The zero-order chi connectivity index (χ0) is 21.6. The van der Waals surface area contributed by atoms with E-state index in [1.54, 1.807) is 68.4 Å². The number of anilines is 3. The first-order chi connectivity index (χ1) is 14.5. The number of pyridine rings is 1. The van der Waals surface area contributed by atoms with Crippen LogP contribution in [0.4, 0.5) is 17.2 Å². The standard InChI is InChI=1S/C22H23N3O4S/c1-3-25(19-8-6-5-7-9-19)30(27,28)20-14-15-21(23-16-20)24-18-12-10-17(11-13-18)22(26)29-4-2/h5-16H,3-4H2,1-2H3,(H,23,24). The summed E-state index contributed by atoms with van der Waals surface area (Å²) in [6.45, 7) is 4.16. The highest BCUT2D eigenvalue weighted by molar-refractivity contribution is 7.92. The van der Waals surface area contributed by atoms with Crippen LogP contribution in [0.1, 0.15) is 24.2 Å². The zero-order valence-corrected chi connectivity index (χ0v) is 17.6. The molecule has 0 aliphatic carbocycles. The van der Waals surface area contributed by atoms with Gasteiger partial charge in [-0.05, 0) is 62.4 Å². The molecule has 0 amide bonds. The predicted octanol–water partition coefficient (Wildman–Crippen LogP) is 4.22. The summed E-state index contributed by atoms with van der Waals surface area (Å²) in [5, 5.41) is 3.08. The summed E-state index contributed by atoms with van der Waals surface area (Å²) in [5.74, 6) is 0.108. The van der Waals surface area contributed by atoms with Crippen LogP contribution in [0.5, 0.6) is 0 Å². The maximum atomic E-state index is 13.0. The first kappa shape index (κ1) is 21.3. The third-order valence-electron chi connectivity index (χ3n) is 4.32. The van der Waals surface area contributed by atoms with Crippen molar-refractivity contribution in [2.45, 2.75) is 18.7 Å². The van der Waals surface area contributed by atoms with Crippen molar-refractivity contribution in [1.82, 2.24) is 4.98 Å². The molecule has 1 N–H and O–H groups in total. The number of carbonyl (C=O) groups excluding carboxylic acids is 1. The molecule has 3 aromatic rings. The Balaban J connectivity index is 1.75. The summed E-state index contributed by atoms with van der Waals surface area (Å²) < 4.78 is 32.3. The molecule has 30 heavy (non-hydrogen) atoms. The minimum atomic E-state index is -3.72. The van der Waals surface area contributed by atoms with Gasteiger partial charge >= 0.3 is 5.97 Å². The Morgan fingerprint density at radius 3 is 2.27 bits per heavy atom. The molecule has 0 fully saturated rings. The number of carbonyl (C=O) groups is 1. The highest BCUT2D eigenvalue weighted by Crippen LogP contribution is 2.24. The van der Waals surface area contributed by atoms with Crippen LogP contribution in [0.2, 0.25) is 0 Å². The van der Waals surface area contributed by atoms with E-state index < -0.39 is 10.0 Å². The summed E-state index contributed by atoms with van der Waals surface area (Å²) in [6, 6.07) is 18.8. The van der Waals surface area contributed by atoms with E-state index in [1.165, 1.54) is 16.6 Å². The predicted molar refractivity (Wildman–Crippen MR) is 117 cm³/mol. The Bertz CT molecular complexity index is 1080. The van der Waals surface area contributed by atoms with Gasteiger partial charge in [0.15, 0.2) is 0 Å². The van der Waals surface area contributed by atoms with Gasteiger partial charge in [-0.3, -0.25) is 4.31 Å². The van der Waals surface area contributed by atoms with Crippen molar-refractivity contribution < 1.29 is 17.9 Å². The fraction of sp³-hybridized carbons (Fsp3) is 0.182. The Labute approximate surface area is 176 Å². The molecule has 156 valence electrons. The number of hydrogen-bond acceptors (Lipinski definition) is 6. The van der Waals surface area contributed by atoms with E-state index in [9.17, 15) is 13.2 Å². The van der Waals surface area contributed by atoms with E-state index in [0.29, 0.717) is 35.9 Å². The van der Waals surface area contributed by atoms with Crippen LogP contribution in [0.25, 0.3) is 0 Å². The van der Waals surface area contributed by atoms with E-state index in [2.05, 4.69) is 10.3 Å². The van der Waals surface area contributed by atoms with Gasteiger partial charge in [-0.25, -0.2) is 18.2 Å². The lowest BCUT2D eigenvalue weighted by Crippen LogP contribution is -2.30. The molecule has 8 heteroatoms. The second kappa shape index (κ2) is 9.41. The van der Waals surface area contributed by atoms with Gasteiger partial charge in [-0.1, -0.05) is 18.2 Å². The molecular formula is C22H23N3O4S. The lowest BCUT2D eigenvalue weighted by Gasteiger charge is -2.22. The number of esters is 1. The average Bonchev–Trinajstić information content (AvgIpc) is 2.76. The lowest BCUT2D eigenvalue weighted by atomic mass is 10.2. The molecule has 0 aliphatic rings. The number of nitrogens with one attached hydrogen (secondary N) is 1. The van der Waals surface area contributed by atoms with E-state index in [-0.39, 0.29) is 10.9 Å². The monoisotopic (exact) mass is 425 g/mol. The van der Waals surface area contributed by atoms with Crippen LogP contribution < -0.4 is 9.62 Å². The Kier molecular flexibility index (Phi) is 6.68. The average molecular weight is 426 g/mol. The molecule has 0 aliphatic heterocycles. The van der Waals surface area contributed by atoms with Crippen LogP contribution in [-0.2, 0) is 14.8 Å². The quantitative estimate of drug-likeness (QED) is 0.544. The number of benzene rings is 2. The summed E-state index contributed by atoms with van der Waals surface area (Å²) >= 11 is 0. The topological polar surface area (TPSA) is 88.6 Å². The summed E-state index contributed by atoms with van der Waals surface area (Å²) in [7, 11) is -3.72. The highest BCUT2D eigenvalue weighted by atomic mass is 32.2. The largest absolute Gasteiger partial charge is 0.462 e. The minimum absolute atomic E-state index is 0.108. The van der Waals surface area contributed by atoms with Crippen LogP contribution in [0, 0.1) is 0 Å². The van der Waals surface area contributed by atoms with Crippen LogP contribution in [0.3, 0.4) is 0 Å². The zero-order valence-electron chi connectivity index (χ0n) is 16.8. The SMILES string of the molecule is CCOC(=O)c1ccc(Nc2ccc(S(=O)(=O)N(CC)c3ccccc3)cn2)cc1. The van der Waals surface area contributed by atoms with Gasteiger partial charge in [0.05, 0.1) is 17.9 Å². The summed E-state index contributed by atoms with van der Waals surface area (Å²) in [6.07, 6.45) is 1.33. The van der Waals surface area contributed by atoms with Crippen molar-refractivity contribution in [2.75, 3.05) is 22.8 Å². The fourth-order valence-corrected chi connectivity index (χ4v) is 4.29. The van der Waals surface area contributed by atoms with Crippen molar-refractivity contribution in [3.8, 4) is 0 Å². The molecule has 7 nitrogen and oxygen atoms in total. The smallest absolute Gasteiger partial charge is 0.338 e. The second-order valence-corrected chi connectivity index (χ2v) is 8.17. The first-order valence-corrected chi connectivity index (χ1v) is 11.0. The van der Waals surface area contributed by atoms with Gasteiger partial charge in [0.2, 0.25) is 0 Å². The van der Waals surface area contributed by atoms with Gasteiger partial charge in [0, 0.05) is 18.4 Å². The molecule has 0 spiro atoms. The second-order valence-electron chi connectivity index (χ2n) is 6.31. The van der Waals surface area contributed by atoms with Crippen molar-refractivity contribution in [1.29, 1.82) is 0 Å². The molecule has 1 aromatic heterocycles. The number of hydrogen-bond donors (Lipinski definition) is 1. The Morgan fingerprint density at radius 2 is 1.70 bits per heavy atom. The summed E-state index contributed by atoms with van der Waals surface area (Å²) in [5.41, 5.74) is 1.77. The van der Waals surface area contributed by atoms with E-state index in [1.807, 2.05) is 6.07 Å². The van der Waals surface area contributed by atoms with E-state index in [4.69, 9.17) is 4.74 Å². The number of aromatic nitrogens is 1. The number of para-hydroxylation sites is 1. The van der Waals surface area contributed by atoms with E-state index >= 15 is 0 Å². The number of ether oxygens (including phenoxy) is 1. The van der Waals surface area contributed by atoms with Crippen molar-refractivity contribution in [2.24, 2.45) is 0 Å². The molecule has 0 bridgehead atoms. The molecule has 3 rings (SSSR count). The highest BCUT2D eigenvalue weighted by Gasteiger charge is 2.23. The third kappa shape index (κ3) is 4.77. The third-order valence-corrected chi connectivity index (χ3v) is 6.21. The Morgan fingerprint density at radius 1 is 1.00 bits per heavy atom. The van der Waals surface area contributed by atoms with E-state index in [0.717, 1.165) is 0 Å². The minimum Gasteiger partial charge on any atom is -0.462 e. The number of rotatable bonds is 8. The maximum Gasteiger partial charge on any atom is 0.338 e. The molecule has 0 unspecified atom stereocenters.